The van der Waals surface area contributed by atoms with E-state index in [4.69, 9.17) is 4.74 Å². The fourth-order valence-corrected chi connectivity index (χ4v) is 4.74. The number of ether oxygens (including phenoxy) is 1. The Balaban J connectivity index is 3.41. The van der Waals surface area contributed by atoms with Gasteiger partial charge in [0, 0.05) is 25.2 Å². The van der Waals surface area contributed by atoms with Crippen LogP contribution in [-0.2, 0) is 18.3 Å². The van der Waals surface area contributed by atoms with Crippen LogP contribution in [0.1, 0.15) is 58.8 Å². The first-order valence-electron chi connectivity index (χ1n) is 9.56. The number of aliphatic hydroxyl groups is 1. The summed E-state index contributed by atoms with van der Waals surface area (Å²) in [5, 5.41) is 9.61. The number of rotatable bonds is 18. The molecule has 0 aromatic rings. The second-order valence-corrected chi connectivity index (χ2v) is 11.2. The highest BCUT2D eigenvalue weighted by atomic mass is 33.1. The first kappa shape index (κ1) is 29.5. The van der Waals surface area contributed by atoms with Crippen molar-refractivity contribution in [2.45, 2.75) is 76.7 Å². The van der Waals surface area contributed by atoms with Gasteiger partial charge in [-0.25, -0.2) is 0 Å². The Hall–Kier alpha value is 0.520. The molecule has 12 heteroatoms. The van der Waals surface area contributed by atoms with Crippen molar-refractivity contribution in [3.63, 3.8) is 0 Å². The van der Waals surface area contributed by atoms with E-state index in [0.29, 0.717) is 12.2 Å². The van der Waals surface area contributed by atoms with Gasteiger partial charge in [-0.2, -0.15) is 13.2 Å². The molecule has 0 aromatic heterocycles. The van der Waals surface area contributed by atoms with Crippen molar-refractivity contribution < 1.29 is 41.5 Å². The largest absolute Gasteiger partial charge is 0.756 e. The van der Waals surface area contributed by atoms with Crippen molar-refractivity contribution >= 4 is 29.4 Å². The topological polar surface area (TPSA) is 88.1 Å². The van der Waals surface area contributed by atoms with Crippen LogP contribution in [0.15, 0.2) is 0 Å². The Morgan fingerprint density at radius 3 is 2.14 bits per heavy atom. The summed E-state index contributed by atoms with van der Waals surface area (Å²) in [6, 6.07) is 0. The van der Waals surface area contributed by atoms with Crippen LogP contribution < -0.4 is 4.89 Å². The predicted molar refractivity (Wildman–Crippen MR) is 110 cm³/mol. The Kier molecular flexibility index (Phi) is 15.6. The number of phosphoric ester groups is 1. The second kappa shape index (κ2) is 15.3. The summed E-state index contributed by atoms with van der Waals surface area (Å²) in [4.78, 5) is 11.0. The zero-order valence-corrected chi connectivity index (χ0v) is 19.8. The van der Waals surface area contributed by atoms with E-state index in [1.807, 2.05) is 0 Å². The summed E-state index contributed by atoms with van der Waals surface area (Å²) in [6.45, 7) is 1.89. The molecule has 1 N–H and O–H groups in total. The van der Waals surface area contributed by atoms with Gasteiger partial charge in [-0.1, -0.05) is 53.7 Å². The molecule has 0 spiro atoms. The SMILES string of the molecule is COP(=O)([O-])OCC(O)CSSCCCCCCCCCOC(C)(C)C(F)(F)F. The van der Waals surface area contributed by atoms with E-state index >= 15 is 0 Å². The lowest BCUT2D eigenvalue weighted by Crippen LogP contribution is -2.42. The zero-order valence-electron chi connectivity index (χ0n) is 17.2. The van der Waals surface area contributed by atoms with Gasteiger partial charge >= 0.3 is 6.18 Å². The van der Waals surface area contributed by atoms with Gasteiger partial charge < -0.3 is 23.8 Å². The fraction of sp³-hybridized carbons (Fsp3) is 1.00. The number of hydrogen-bond donors (Lipinski definition) is 1. The number of halogens is 3. The van der Waals surface area contributed by atoms with Crippen molar-refractivity contribution in [3.05, 3.63) is 0 Å². The van der Waals surface area contributed by atoms with Crippen LogP contribution in [0.3, 0.4) is 0 Å². The molecule has 0 heterocycles. The summed E-state index contributed by atoms with van der Waals surface area (Å²) in [5.74, 6) is 1.29. The Morgan fingerprint density at radius 2 is 1.59 bits per heavy atom. The first-order chi connectivity index (χ1) is 13.4. The number of phosphoric acid groups is 1. The standard InChI is InChI=1S/C17H34F3O6PS2/c1-16(2,17(18,19)20)25-11-9-7-5-4-6-8-10-12-28-29-14-15(21)13-26-27(22,23)24-3/h15,21H,4-14H2,1-3H3,(H,22,23)/p-1. The van der Waals surface area contributed by atoms with E-state index in [2.05, 4.69) is 9.05 Å². The number of aliphatic hydroxyl groups excluding tert-OH is 1. The maximum absolute atomic E-state index is 12.6. The normalized spacial score (nSPS) is 16.0. The van der Waals surface area contributed by atoms with Gasteiger partial charge in [0.15, 0.2) is 5.60 Å². The van der Waals surface area contributed by atoms with Crippen molar-refractivity contribution in [1.82, 2.24) is 0 Å². The van der Waals surface area contributed by atoms with Gasteiger partial charge in [-0.15, -0.1) is 0 Å². The van der Waals surface area contributed by atoms with Crippen LogP contribution in [0.2, 0.25) is 0 Å². The minimum atomic E-state index is -4.35. The lowest BCUT2D eigenvalue weighted by atomic mass is 10.1. The molecule has 29 heavy (non-hydrogen) atoms. The molecular weight excluding hydrogens is 452 g/mol. The van der Waals surface area contributed by atoms with Crippen LogP contribution in [0, 0.1) is 0 Å². The van der Waals surface area contributed by atoms with E-state index in [0.717, 1.165) is 65.2 Å². The molecule has 0 aromatic carbocycles. The predicted octanol–water partition coefficient (Wildman–Crippen LogP) is 4.95. The highest BCUT2D eigenvalue weighted by Gasteiger charge is 2.48. The number of unbranched alkanes of at least 4 members (excludes halogenated alkanes) is 6. The third-order valence-corrected chi connectivity index (χ3v) is 7.47. The molecule has 2 unspecified atom stereocenters. The Morgan fingerprint density at radius 1 is 1.03 bits per heavy atom. The molecule has 0 aliphatic heterocycles. The van der Waals surface area contributed by atoms with Crippen molar-refractivity contribution in [1.29, 1.82) is 0 Å². The van der Waals surface area contributed by atoms with Gasteiger partial charge in [-0.05, 0) is 26.7 Å². The Labute approximate surface area is 179 Å². The molecule has 0 rings (SSSR count). The van der Waals surface area contributed by atoms with Crippen molar-refractivity contribution in [2.75, 3.05) is 31.8 Å². The molecule has 0 radical (unpaired) electrons. The highest BCUT2D eigenvalue weighted by molar-refractivity contribution is 8.76. The summed E-state index contributed by atoms with van der Waals surface area (Å²) >= 11 is 0. The quantitative estimate of drug-likeness (QED) is 0.166. The van der Waals surface area contributed by atoms with Crippen molar-refractivity contribution in [2.24, 2.45) is 0 Å². The summed E-state index contributed by atoms with van der Waals surface area (Å²) in [7, 11) is -0.217. The van der Waals surface area contributed by atoms with Crippen molar-refractivity contribution in [3.8, 4) is 0 Å². The summed E-state index contributed by atoms with van der Waals surface area (Å²) < 4.78 is 62.4. The third kappa shape index (κ3) is 15.9. The molecule has 0 bridgehead atoms. The van der Waals surface area contributed by atoms with Gasteiger partial charge in [0.05, 0.1) is 12.7 Å². The van der Waals surface area contributed by atoms with E-state index in [1.165, 1.54) is 10.8 Å². The van der Waals surface area contributed by atoms with Gasteiger partial charge in [-0.3, -0.25) is 4.57 Å². The zero-order chi connectivity index (χ0) is 22.4. The van der Waals surface area contributed by atoms with Crippen LogP contribution >= 0.6 is 29.4 Å². The second-order valence-electron chi connectivity index (χ2n) is 7.02. The lowest BCUT2D eigenvalue weighted by molar-refractivity contribution is -0.263. The first-order valence-corrected chi connectivity index (χ1v) is 13.5. The van der Waals surface area contributed by atoms with Crippen LogP contribution in [0.4, 0.5) is 13.2 Å². The fourth-order valence-electron chi connectivity index (χ4n) is 2.02. The molecule has 176 valence electrons. The monoisotopic (exact) mass is 485 g/mol. The van der Waals surface area contributed by atoms with Gasteiger partial charge in [0.25, 0.3) is 7.82 Å². The summed E-state index contributed by atoms with van der Waals surface area (Å²) in [6.07, 6.45) is 1.47. The molecule has 0 aliphatic carbocycles. The number of hydrogen-bond acceptors (Lipinski definition) is 8. The molecule has 2 atom stereocenters. The smallest absolute Gasteiger partial charge is 0.416 e. The van der Waals surface area contributed by atoms with Crippen LogP contribution in [0.5, 0.6) is 0 Å². The van der Waals surface area contributed by atoms with E-state index < -0.39 is 25.7 Å². The molecule has 0 aliphatic rings. The molecule has 0 fully saturated rings. The van der Waals surface area contributed by atoms with E-state index in [1.54, 1.807) is 10.8 Å². The minimum Gasteiger partial charge on any atom is -0.756 e. The average molecular weight is 486 g/mol. The molecule has 6 nitrogen and oxygen atoms in total. The molecule has 0 amide bonds. The summed E-state index contributed by atoms with van der Waals surface area (Å²) in [5.41, 5.74) is -2.09. The van der Waals surface area contributed by atoms with E-state index in [-0.39, 0.29) is 13.2 Å². The third-order valence-electron chi connectivity index (χ3n) is 4.01. The van der Waals surface area contributed by atoms with Gasteiger partial charge in [0.1, 0.15) is 0 Å². The van der Waals surface area contributed by atoms with Crippen LogP contribution in [-0.4, -0.2) is 54.8 Å². The average Bonchev–Trinajstić information content (AvgIpc) is 2.63. The minimum absolute atomic E-state index is 0.120. The number of alkyl halides is 3. The molecule has 0 saturated heterocycles. The molecular formula is C17H33F3O6PS2-. The van der Waals surface area contributed by atoms with E-state index in [9.17, 15) is 27.7 Å². The maximum Gasteiger partial charge on any atom is 0.416 e. The Bertz CT molecular complexity index is 469. The van der Waals surface area contributed by atoms with Crippen LogP contribution in [0.25, 0.3) is 0 Å². The van der Waals surface area contributed by atoms with Gasteiger partial charge in [0.2, 0.25) is 0 Å². The lowest BCUT2D eigenvalue weighted by Gasteiger charge is -2.27. The highest BCUT2D eigenvalue weighted by Crippen LogP contribution is 2.37. The maximum atomic E-state index is 12.6. The molecule has 0 saturated carbocycles.